The van der Waals surface area contributed by atoms with Gasteiger partial charge in [-0.15, -0.1) is 0 Å². The molecule has 0 unspecified atom stereocenters. The number of carbonyl (C=O) groups excluding carboxylic acids is 1. The fraction of sp³-hybridized carbons (Fsp3) is 0.267. The van der Waals surface area contributed by atoms with Crippen LogP contribution in [0.2, 0.25) is 20.4 Å². The fourth-order valence-electron chi connectivity index (χ4n) is 2.58. The average Bonchev–Trinajstić information content (AvgIpc) is 2.54. The largest absolute Gasteiger partial charge is 0.365 e. The Morgan fingerprint density at radius 3 is 2.08 bits per heavy atom. The van der Waals surface area contributed by atoms with E-state index in [1.807, 2.05) is 4.90 Å². The maximum atomic E-state index is 12.4. The van der Waals surface area contributed by atoms with E-state index in [4.69, 9.17) is 46.4 Å². The number of hydrogen-bond donors (Lipinski definition) is 1. The molecule has 2 aromatic rings. The first-order valence-electron chi connectivity index (χ1n) is 7.37. The second kappa shape index (κ2) is 7.83. The van der Waals surface area contributed by atoms with Gasteiger partial charge in [-0.1, -0.05) is 46.4 Å². The van der Waals surface area contributed by atoms with Crippen LogP contribution in [0.3, 0.4) is 0 Å². The molecule has 6 nitrogen and oxygen atoms in total. The van der Waals surface area contributed by atoms with E-state index in [-0.39, 0.29) is 16.3 Å². The molecule has 1 aliphatic heterocycles. The summed E-state index contributed by atoms with van der Waals surface area (Å²) in [6.07, 6.45) is 3.11. The van der Waals surface area contributed by atoms with Crippen molar-refractivity contribution in [1.82, 2.24) is 14.9 Å². The van der Waals surface area contributed by atoms with Crippen molar-refractivity contribution < 1.29 is 4.79 Å². The van der Waals surface area contributed by atoms with Gasteiger partial charge in [0.25, 0.3) is 0 Å². The van der Waals surface area contributed by atoms with Crippen LogP contribution < -0.4 is 10.2 Å². The fourth-order valence-corrected chi connectivity index (χ4v) is 3.64. The average molecular weight is 421 g/mol. The van der Waals surface area contributed by atoms with Gasteiger partial charge in [0.15, 0.2) is 0 Å². The number of piperazine rings is 1. The van der Waals surface area contributed by atoms with Crippen LogP contribution in [0, 0.1) is 0 Å². The molecule has 25 heavy (non-hydrogen) atoms. The summed E-state index contributed by atoms with van der Waals surface area (Å²) in [5, 5.41) is 4.19. The highest BCUT2D eigenvalue weighted by molar-refractivity contribution is 6.39. The summed E-state index contributed by atoms with van der Waals surface area (Å²) >= 11 is 24.1. The van der Waals surface area contributed by atoms with E-state index in [1.54, 1.807) is 17.3 Å². The molecule has 1 saturated heterocycles. The van der Waals surface area contributed by atoms with Crippen molar-refractivity contribution in [1.29, 1.82) is 0 Å². The minimum atomic E-state index is -0.232. The third-order valence-corrected chi connectivity index (χ3v) is 4.67. The molecule has 0 radical (unpaired) electrons. The Bertz CT molecular complexity index is 755. The van der Waals surface area contributed by atoms with Gasteiger partial charge in [-0.2, -0.15) is 0 Å². The zero-order valence-corrected chi connectivity index (χ0v) is 15.9. The number of nitrogens with zero attached hydrogens (tertiary/aromatic N) is 4. The first kappa shape index (κ1) is 18.3. The Morgan fingerprint density at radius 1 is 0.960 bits per heavy atom. The maximum absolute atomic E-state index is 12.4. The lowest BCUT2D eigenvalue weighted by atomic mass is 10.2. The molecule has 2 aromatic heterocycles. The van der Waals surface area contributed by atoms with Gasteiger partial charge in [0.2, 0.25) is 0 Å². The second-order valence-corrected chi connectivity index (χ2v) is 6.95. The van der Waals surface area contributed by atoms with Crippen molar-refractivity contribution in [3.63, 3.8) is 0 Å². The SMILES string of the molecule is O=C(Nc1cc(Cl)nc(Cl)c1)N1CCN(c2c(Cl)cncc2Cl)CC1. The Balaban J connectivity index is 1.63. The van der Waals surface area contributed by atoms with Gasteiger partial charge < -0.3 is 15.1 Å². The van der Waals surface area contributed by atoms with E-state index in [1.165, 1.54) is 12.1 Å². The van der Waals surface area contributed by atoms with Crippen LogP contribution in [0.15, 0.2) is 24.5 Å². The predicted molar refractivity (Wildman–Crippen MR) is 101 cm³/mol. The van der Waals surface area contributed by atoms with Crippen LogP contribution in [-0.2, 0) is 0 Å². The van der Waals surface area contributed by atoms with Crippen molar-refractivity contribution in [2.45, 2.75) is 0 Å². The first-order chi connectivity index (χ1) is 11.9. The Hall–Kier alpha value is -1.47. The van der Waals surface area contributed by atoms with Gasteiger partial charge in [0.05, 0.1) is 15.7 Å². The third kappa shape index (κ3) is 4.39. The molecule has 0 aromatic carbocycles. The summed E-state index contributed by atoms with van der Waals surface area (Å²) in [6.45, 7) is 2.25. The van der Waals surface area contributed by atoms with Gasteiger partial charge in [0.1, 0.15) is 10.3 Å². The molecule has 1 N–H and O–H groups in total. The molecular formula is C15H13Cl4N5O. The molecule has 1 aliphatic rings. The van der Waals surface area contributed by atoms with Crippen molar-refractivity contribution in [3.8, 4) is 0 Å². The topological polar surface area (TPSA) is 61.4 Å². The van der Waals surface area contributed by atoms with E-state index in [2.05, 4.69) is 15.3 Å². The smallest absolute Gasteiger partial charge is 0.321 e. The number of pyridine rings is 2. The standard InChI is InChI=1S/C15H13Cl4N5O/c16-10-7-20-8-11(17)14(10)23-1-3-24(4-2-23)15(25)21-9-5-12(18)22-13(19)6-9/h5-8H,1-4H2,(H,21,22,25). The third-order valence-electron chi connectivity index (χ3n) is 3.73. The maximum Gasteiger partial charge on any atom is 0.321 e. The molecule has 10 heteroatoms. The lowest BCUT2D eigenvalue weighted by Crippen LogP contribution is -2.50. The molecule has 2 amide bonds. The monoisotopic (exact) mass is 419 g/mol. The number of halogens is 4. The van der Waals surface area contributed by atoms with Crippen LogP contribution in [0.25, 0.3) is 0 Å². The van der Waals surface area contributed by atoms with E-state index < -0.39 is 0 Å². The molecule has 3 heterocycles. The highest BCUT2D eigenvalue weighted by Gasteiger charge is 2.24. The van der Waals surface area contributed by atoms with Gasteiger partial charge in [0, 0.05) is 44.3 Å². The number of hydrogen-bond acceptors (Lipinski definition) is 4. The molecule has 132 valence electrons. The van der Waals surface area contributed by atoms with Crippen molar-refractivity contribution in [3.05, 3.63) is 44.9 Å². The van der Waals surface area contributed by atoms with E-state index >= 15 is 0 Å². The summed E-state index contributed by atoms with van der Waals surface area (Å²) in [5.74, 6) is 0. The van der Waals surface area contributed by atoms with Crippen molar-refractivity contribution >= 4 is 63.8 Å². The van der Waals surface area contributed by atoms with Gasteiger partial charge in [-0.05, 0) is 12.1 Å². The lowest BCUT2D eigenvalue weighted by Gasteiger charge is -2.36. The number of urea groups is 1. The highest BCUT2D eigenvalue weighted by Crippen LogP contribution is 2.33. The Morgan fingerprint density at radius 2 is 1.52 bits per heavy atom. The normalized spacial score (nSPS) is 14.6. The quantitative estimate of drug-likeness (QED) is 0.729. The number of amides is 2. The van der Waals surface area contributed by atoms with Gasteiger partial charge in [-0.25, -0.2) is 9.78 Å². The Labute approximate surface area is 164 Å². The molecular weight excluding hydrogens is 408 g/mol. The molecule has 0 spiro atoms. The molecule has 1 fully saturated rings. The zero-order valence-electron chi connectivity index (χ0n) is 12.8. The van der Waals surface area contributed by atoms with Crippen LogP contribution >= 0.6 is 46.4 Å². The molecule has 0 saturated carbocycles. The minimum Gasteiger partial charge on any atom is -0.365 e. The summed E-state index contributed by atoms with van der Waals surface area (Å²) < 4.78 is 0. The second-order valence-electron chi connectivity index (χ2n) is 5.36. The molecule has 0 bridgehead atoms. The van der Waals surface area contributed by atoms with Crippen LogP contribution in [-0.4, -0.2) is 47.1 Å². The van der Waals surface area contributed by atoms with Crippen LogP contribution in [0.5, 0.6) is 0 Å². The van der Waals surface area contributed by atoms with Crippen LogP contribution in [0.1, 0.15) is 0 Å². The predicted octanol–water partition coefficient (Wildman–Crippen LogP) is 4.44. The number of carbonyl (C=O) groups is 1. The number of nitrogens with one attached hydrogen (secondary N) is 1. The first-order valence-corrected chi connectivity index (χ1v) is 8.88. The molecule has 0 aliphatic carbocycles. The number of anilines is 2. The minimum absolute atomic E-state index is 0.217. The van der Waals surface area contributed by atoms with Crippen LogP contribution in [0.4, 0.5) is 16.2 Å². The summed E-state index contributed by atoms with van der Waals surface area (Å²) in [4.78, 5) is 23.9. The highest BCUT2D eigenvalue weighted by atomic mass is 35.5. The van der Waals surface area contributed by atoms with E-state index in [9.17, 15) is 4.79 Å². The number of aromatic nitrogens is 2. The number of rotatable bonds is 2. The summed E-state index contributed by atoms with van der Waals surface area (Å²) in [7, 11) is 0. The molecule has 3 rings (SSSR count). The van der Waals surface area contributed by atoms with Crippen molar-refractivity contribution in [2.75, 3.05) is 36.4 Å². The zero-order chi connectivity index (χ0) is 18.0. The van der Waals surface area contributed by atoms with Gasteiger partial charge >= 0.3 is 6.03 Å². The lowest BCUT2D eigenvalue weighted by molar-refractivity contribution is 0.208. The Kier molecular flexibility index (Phi) is 5.74. The summed E-state index contributed by atoms with van der Waals surface area (Å²) in [5.41, 5.74) is 1.24. The van der Waals surface area contributed by atoms with Crippen molar-refractivity contribution in [2.24, 2.45) is 0 Å². The molecule has 0 atom stereocenters. The van der Waals surface area contributed by atoms with E-state index in [0.717, 1.165) is 5.69 Å². The van der Waals surface area contributed by atoms with Gasteiger partial charge in [-0.3, -0.25) is 4.98 Å². The van der Waals surface area contributed by atoms with E-state index in [0.29, 0.717) is 41.9 Å². The summed E-state index contributed by atoms with van der Waals surface area (Å²) in [6, 6.07) is 2.85.